The van der Waals surface area contributed by atoms with Gasteiger partial charge < -0.3 is 15.7 Å². The molecule has 0 aromatic rings. The quantitative estimate of drug-likeness (QED) is 0.541. The van der Waals surface area contributed by atoms with Gasteiger partial charge in [0.15, 0.2) is 0 Å². The summed E-state index contributed by atoms with van der Waals surface area (Å²) in [5, 5.41) is 14.0. The third kappa shape index (κ3) is 5.53. The molecule has 0 saturated carbocycles. The average Bonchev–Trinajstić information content (AvgIpc) is 2.14. The number of hydrogen-bond donors (Lipinski definition) is 3. The number of nitrogens with one attached hydrogen (secondary N) is 2. The van der Waals surface area contributed by atoms with E-state index in [1.54, 1.807) is 7.05 Å². The highest BCUT2D eigenvalue weighted by Crippen LogP contribution is 1.97. The van der Waals surface area contributed by atoms with Crippen LogP contribution in [0, 0.1) is 0 Å². The second-order valence-corrected chi connectivity index (χ2v) is 3.10. The standard InChI is InChI=1S/C9H18N2O3/c1-3-4-7(9(13)14)11-8(12)5-6-10-2/h7,10H,3-6H2,1-2H3,(H,11,12)(H,13,14). The Bertz CT molecular complexity index is 194. The summed E-state index contributed by atoms with van der Waals surface area (Å²) >= 11 is 0. The van der Waals surface area contributed by atoms with E-state index < -0.39 is 12.0 Å². The summed E-state index contributed by atoms with van der Waals surface area (Å²) in [6, 6.07) is -0.746. The van der Waals surface area contributed by atoms with E-state index in [1.807, 2.05) is 6.92 Å². The van der Waals surface area contributed by atoms with Gasteiger partial charge in [0.2, 0.25) is 5.91 Å². The third-order valence-electron chi connectivity index (χ3n) is 1.81. The summed E-state index contributed by atoms with van der Waals surface area (Å²) < 4.78 is 0. The van der Waals surface area contributed by atoms with Crippen molar-refractivity contribution in [1.29, 1.82) is 0 Å². The number of aliphatic carboxylic acids is 1. The Morgan fingerprint density at radius 3 is 2.50 bits per heavy atom. The van der Waals surface area contributed by atoms with Gasteiger partial charge in [0.25, 0.3) is 0 Å². The van der Waals surface area contributed by atoms with Gasteiger partial charge in [-0.25, -0.2) is 4.79 Å². The Kier molecular flexibility index (Phi) is 6.74. The van der Waals surface area contributed by atoms with Gasteiger partial charge in [-0.05, 0) is 13.5 Å². The maximum atomic E-state index is 11.2. The highest BCUT2D eigenvalue weighted by molar-refractivity contribution is 5.83. The Morgan fingerprint density at radius 2 is 2.07 bits per heavy atom. The topological polar surface area (TPSA) is 78.4 Å². The maximum absolute atomic E-state index is 11.2. The summed E-state index contributed by atoms with van der Waals surface area (Å²) in [5.74, 6) is -1.19. The highest BCUT2D eigenvalue weighted by atomic mass is 16.4. The van der Waals surface area contributed by atoms with Crippen LogP contribution in [0.5, 0.6) is 0 Å². The van der Waals surface area contributed by atoms with Crippen LogP contribution in [0.2, 0.25) is 0 Å². The molecular weight excluding hydrogens is 184 g/mol. The zero-order valence-corrected chi connectivity index (χ0v) is 8.67. The van der Waals surface area contributed by atoms with Crippen LogP contribution in [0.1, 0.15) is 26.2 Å². The third-order valence-corrected chi connectivity index (χ3v) is 1.81. The van der Waals surface area contributed by atoms with E-state index in [4.69, 9.17) is 5.11 Å². The van der Waals surface area contributed by atoms with Crippen molar-refractivity contribution in [3.8, 4) is 0 Å². The van der Waals surface area contributed by atoms with Crippen LogP contribution in [0.4, 0.5) is 0 Å². The van der Waals surface area contributed by atoms with Gasteiger partial charge >= 0.3 is 5.97 Å². The summed E-state index contributed by atoms with van der Waals surface area (Å²) in [6.07, 6.45) is 1.52. The van der Waals surface area contributed by atoms with Crippen LogP contribution in [0.15, 0.2) is 0 Å². The predicted octanol–water partition coefficient (Wildman–Crippen LogP) is -0.0346. The molecule has 0 bridgehead atoms. The van der Waals surface area contributed by atoms with Crippen molar-refractivity contribution in [2.75, 3.05) is 13.6 Å². The highest BCUT2D eigenvalue weighted by Gasteiger charge is 2.17. The molecule has 0 rings (SSSR count). The molecule has 0 radical (unpaired) electrons. The molecule has 0 aliphatic heterocycles. The number of carboxylic acid groups (broad SMARTS) is 1. The lowest BCUT2D eigenvalue weighted by molar-refractivity contribution is -0.142. The average molecular weight is 202 g/mol. The summed E-state index contributed by atoms with van der Waals surface area (Å²) in [5.41, 5.74) is 0. The fourth-order valence-corrected chi connectivity index (χ4v) is 1.05. The van der Waals surface area contributed by atoms with Crippen molar-refractivity contribution in [3.63, 3.8) is 0 Å². The lowest BCUT2D eigenvalue weighted by Gasteiger charge is -2.13. The van der Waals surface area contributed by atoms with Gasteiger partial charge in [0.05, 0.1) is 0 Å². The molecular formula is C9H18N2O3. The monoisotopic (exact) mass is 202 g/mol. The molecule has 1 atom stereocenters. The van der Waals surface area contributed by atoms with Crippen LogP contribution in [-0.2, 0) is 9.59 Å². The first-order valence-corrected chi connectivity index (χ1v) is 4.78. The first kappa shape index (κ1) is 12.9. The van der Waals surface area contributed by atoms with E-state index in [-0.39, 0.29) is 5.91 Å². The second kappa shape index (κ2) is 7.32. The molecule has 0 saturated heterocycles. The summed E-state index contributed by atoms with van der Waals surface area (Å²) in [4.78, 5) is 21.8. The van der Waals surface area contributed by atoms with Crippen LogP contribution in [0.3, 0.4) is 0 Å². The molecule has 0 spiro atoms. The maximum Gasteiger partial charge on any atom is 0.326 e. The first-order valence-electron chi connectivity index (χ1n) is 4.78. The van der Waals surface area contributed by atoms with Crippen LogP contribution < -0.4 is 10.6 Å². The summed E-state index contributed by atoms with van der Waals surface area (Å²) in [7, 11) is 1.74. The fourth-order valence-electron chi connectivity index (χ4n) is 1.05. The Labute approximate surface area is 83.9 Å². The minimum absolute atomic E-state index is 0.222. The largest absolute Gasteiger partial charge is 0.480 e. The van der Waals surface area contributed by atoms with Crippen molar-refractivity contribution in [2.45, 2.75) is 32.2 Å². The molecule has 3 N–H and O–H groups in total. The minimum Gasteiger partial charge on any atom is -0.480 e. The van der Waals surface area contributed by atoms with Crippen LogP contribution in [-0.4, -0.2) is 36.6 Å². The molecule has 82 valence electrons. The number of rotatable bonds is 7. The molecule has 1 unspecified atom stereocenters. The predicted molar refractivity (Wildman–Crippen MR) is 53.0 cm³/mol. The van der Waals surface area contributed by atoms with E-state index in [1.165, 1.54) is 0 Å². The molecule has 5 nitrogen and oxygen atoms in total. The lowest BCUT2D eigenvalue weighted by Crippen LogP contribution is -2.41. The van der Waals surface area contributed by atoms with Crippen molar-refractivity contribution in [3.05, 3.63) is 0 Å². The van der Waals surface area contributed by atoms with E-state index in [2.05, 4.69) is 10.6 Å². The van der Waals surface area contributed by atoms with Gasteiger partial charge in [-0.1, -0.05) is 13.3 Å². The molecule has 1 amide bonds. The molecule has 5 heteroatoms. The van der Waals surface area contributed by atoms with Gasteiger partial charge in [-0.2, -0.15) is 0 Å². The van der Waals surface area contributed by atoms with Gasteiger partial charge in [0, 0.05) is 13.0 Å². The second-order valence-electron chi connectivity index (χ2n) is 3.10. The van der Waals surface area contributed by atoms with Gasteiger partial charge in [-0.15, -0.1) is 0 Å². The Balaban J connectivity index is 3.90. The smallest absolute Gasteiger partial charge is 0.326 e. The fraction of sp³-hybridized carbons (Fsp3) is 0.778. The van der Waals surface area contributed by atoms with E-state index in [0.717, 1.165) is 6.42 Å². The molecule has 14 heavy (non-hydrogen) atoms. The van der Waals surface area contributed by atoms with Gasteiger partial charge in [-0.3, -0.25) is 4.79 Å². The van der Waals surface area contributed by atoms with Crippen molar-refractivity contribution in [1.82, 2.24) is 10.6 Å². The van der Waals surface area contributed by atoms with E-state index in [9.17, 15) is 9.59 Å². The number of amides is 1. The molecule has 0 aromatic heterocycles. The van der Waals surface area contributed by atoms with Gasteiger partial charge in [0.1, 0.15) is 6.04 Å². The van der Waals surface area contributed by atoms with Crippen molar-refractivity contribution >= 4 is 11.9 Å². The van der Waals surface area contributed by atoms with Crippen molar-refractivity contribution in [2.24, 2.45) is 0 Å². The Hall–Kier alpha value is -1.10. The SMILES string of the molecule is CCCC(NC(=O)CCNC)C(=O)O. The first-order chi connectivity index (χ1) is 6.61. The molecule has 0 heterocycles. The molecule has 0 aromatic carbocycles. The minimum atomic E-state index is -0.968. The lowest BCUT2D eigenvalue weighted by atomic mass is 10.1. The van der Waals surface area contributed by atoms with Crippen LogP contribution in [0.25, 0.3) is 0 Å². The van der Waals surface area contributed by atoms with Crippen LogP contribution >= 0.6 is 0 Å². The number of hydrogen-bond acceptors (Lipinski definition) is 3. The molecule has 0 aliphatic rings. The van der Waals surface area contributed by atoms with Crippen molar-refractivity contribution < 1.29 is 14.7 Å². The number of carbonyl (C=O) groups is 2. The van der Waals surface area contributed by atoms with E-state index >= 15 is 0 Å². The number of carbonyl (C=O) groups excluding carboxylic acids is 1. The molecule has 0 aliphatic carbocycles. The zero-order valence-electron chi connectivity index (χ0n) is 8.67. The molecule has 0 fully saturated rings. The number of carboxylic acids is 1. The summed E-state index contributed by atoms with van der Waals surface area (Å²) in [6.45, 7) is 2.44. The zero-order chi connectivity index (χ0) is 11.0. The van der Waals surface area contributed by atoms with E-state index in [0.29, 0.717) is 19.4 Å². The normalized spacial score (nSPS) is 12.1. The Morgan fingerprint density at radius 1 is 1.43 bits per heavy atom.